The van der Waals surface area contributed by atoms with E-state index < -0.39 is 8.07 Å². The summed E-state index contributed by atoms with van der Waals surface area (Å²) in [5.41, 5.74) is 4.97. The van der Waals surface area contributed by atoms with Gasteiger partial charge in [-0.3, -0.25) is 9.55 Å². The first-order valence-electron chi connectivity index (χ1n) is 17.4. The molecule has 0 radical (unpaired) electrons. The van der Waals surface area contributed by atoms with Crippen LogP contribution in [0.3, 0.4) is 0 Å². The van der Waals surface area contributed by atoms with Crippen LogP contribution in [0.15, 0.2) is 198 Å². The SMILES string of the molecule is c1ccc([Si]2(c3ccccc3)c3ccccc3Sc3cnc4c(c32)c2ccccc2n4-c2cccc(Oc3cccc(-c4ccccn4)c3)c2)cc1. The third-order valence-corrected chi connectivity index (χ3v) is 16.4. The van der Waals surface area contributed by atoms with Crippen molar-refractivity contribution in [2.24, 2.45) is 0 Å². The van der Waals surface area contributed by atoms with Crippen LogP contribution < -0.4 is 25.5 Å². The van der Waals surface area contributed by atoms with Crippen LogP contribution in [-0.2, 0) is 0 Å². The van der Waals surface area contributed by atoms with Crippen molar-refractivity contribution in [3.8, 4) is 28.4 Å². The highest BCUT2D eigenvalue weighted by molar-refractivity contribution is 8.00. The normalized spacial score (nSPS) is 13.1. The van der Waals surface area contributed by atoms with E-state index >= 15 is 0 Å². The molecule has 246 valence electrons. The Labute approximate surface area is 307 Å². The summed E-state index contributed by atoms with van der Waals surface area (Å²) in [6, 6.07) is 62.5. The van der Waals surface area contributed by atoms with Gasteiger partial charge in [-0.25, -0.2) is 4.98 Å². The molecule has 0 spiro atoms. The number of hydrogen-bond acceptors (Lipinski definition) is 4. The Hall–Kier alpha value is -6.21. The Balaban J connectivity index is 1.21. The summed E-state index contributed by atoms with van der Waals surface area (Å²) in [7, 11) is -2.84. The molecule has 6 aromatic carbocycles. The number of rotatable bonds is 6. The van der Waals surface area contributed by atoms with Crippen molar-refractivity contribution >= 4 is 62.5 Å². The smallest absolute Gasteiger partial charge is 0.182 e. The van der Waals surface area contributed by atoms with Crippen molar-refractivity contribution in [2.45, 2.75) is 9.79 Å². The minimum Gasteiger partial charge on any atom is -0.457 e. The van der Waals surface area contributed by atoms with E-state index in [-0.39, 0.29) is 0 Å². The highest BCUT2D eigenvalue weighted by Crippen LogP contribution is 2.39. The standard InChI is InChI=1S/C46H31N3OSSi/c1-3-19-36(20-4-1)52(37-21-5-2-6-22-37)43-27-10-9-26-41(43)51-42-31-48-46-44(45(42)52)38-23-7-8-25-40(38)49(46)33-16-14-18-35(30-33)50-34-17-13-15-32(29-34)39-24-11-12-28-47-39/h1-31H. The number of ether oxygens (including phenoxy) is 1. The first kappa shape index (κ1) is 30.6. The first-order chi connectivity index (χ1) is 25.8. The Morgan fingerprint density at radius 3 is 2.04 bits per heavy atom. The number of para-hydroxylation sites is 1. The van der Waals surface area contributed by atoms with Gasteiger partial charge in [0.1, 0.15) is 17.1 Å². The summed E-state index contributed by atoms with van der Waals surface area (Å²) in [6.45, 7) is 0. The van der Waals surface area contributed by atoms with Gasteiger partial charge in [-0.1, -0.05) is 133 Å². The predicted octanol–water partition coefficient (Wildman–Crippen LogP) is 8.88. The van der Waals surface area contributed by atoms with Crippen molar-refractivity contribution in [2.75, 3.05) is 0 Å². The van der Waals surface area contributed by atoms with E-state index in [2.05, 4.69) is 149 Å². The van der Waals surface area contributed by atoms with Gasteiger partial charge in [-0.05, 0) is 69.3 Å². The quantitative estimate of drug-likeness (QED) is 0.163. The van der Waals surface area contributed by atoms with Gasteiger partial charge in [0.2, 0.25) is 0 Å². The van der Waals surface area contributed by atoms with Crippen molar-refractivity contribution in [1.29, 1.82) is 0 Å². The molecular formula is C46H31N3OSSi. The Morgan fingerprint density at radius 1 is 0.558 bits per heavy atom. The highest BCUT2D eigenvalue weighted by atomic mass is 32.2. The fraction of sp³-hybridized carbons (Fsp3) is 0. The van der Waals surface area contributed by atoms with Gasteiger partial charge in [0.15, 0.2) is 8.07 Å². The second kappa shape index (κ2) is 12.5. The molecule has 0 saturated heterocycles. The number of pyridine rings is 2. The summed E-state index contributed by atoms with van der Waals surface area (Å²) in [5.74, 6) is 1.51. The predicted molar refractivity (Wildman–Crippen MR) is 216 cm³/mol. The van der Waals surface area contributed by atoms with Gasteiger partial charge >= 0.3 is 0 Å². The zero-order valence-corrected chi connectivity index (χ0v) is 29.9. The average molecular weight is 702 g/mol. The second-order valence-electron chi connectivity index (χ2n) is 13.0. The third kappa shape index (κ3) is 4.83. The topological polar surface area (TPSA) is 39.9 Å². The van der Waals surface area contributed by atoms with Crippen molar-refractivity contribution in [1.82, 2.24) is 14.5 Å². The molecule has 4 nitrogen and oxygen atoms in total. The zero-order valence-electron chi connectivity index (χ0n) is 28.1. The maximum absolute atomic E-state index is 6.52. The second-order valence-corrected chi connectivity index (χ2v) is 17.7. The number of fused-ring (bicyclic) bond motifs is 6. The van der Waals surface area contributed by atoms with E-state index in [1.165, 1.54) is 41.3 Å². The summed E-state index contributed by atoms with van der Waals surface area (Å²) >= 11 is 1.84. The minimum atomic E-state index is -2.84. The van der Waals surface area contributed by atoms with Gasteiger partial charge in [-0.15, -0.1) is 0 Å². The van der Waals surface area contributed by atoms with Crippen molar-refractivity contribution in [3.63, 3.8) is 0 Å². The Kier molecular flexibility index (Phi) is 7.37. The molecular weight excluding hydrogens is 671 g/mol. The van der Waals surface area contributed by atoms with Crippen molar-refractivity contribution in [3.05, 3.63) is 188 Å². The lowest BCUT2D eigenvalue weighted by atomic mass is 10.1. The summed E-state index contributed by atoms with van der Waals surface area (Å²) < 4.78 is 8.83. The molecule has 1 aliphatic rings. The molecule has 0 saturated carbocycles. The Morgan fingerprint density at radius 2 is 1.25 bits per heavy atom. The van der Waals surface area contributed by atoms with Crippen LogP contribution in [0.2, 0.25) is 0 Å². The third-order valence-electron chi connectivity index (χ3n) is 10.1. The number of nitrogens with zero attached hydrogens (tertiary/aromatic N) is 3. The summed E-state index contributed by atoms with van der Waals surface area (Å²) in [4.78, 5) is 12.4. The zero-order chi connectivity index (χ0) is 34.5. The van der Waals surface area contributed by atoms with Crippen LogP contribution in [-0.4, -0.2) is 22.6 Å². The maximum Gasteiger partial charge on any atom is 0.182 e. The fourth-order valence-electron chi connectivity index (χ4n) is 7.95. The number of aromatic nitrogens is 3. The van der Waals surface area contributed by atoms with Gasteiger partial charge < -0.3 is 4.74 Å². The average Bonchev–Trinajstić information content (AvgIpc) is 3.56. The van der Waals surface area contributed by atoms with Gasteiger partial charge in [0, 0.05) is 44.6 Å². The monoisotopic (exact) mass is 701 g/mol. The lowest BCUT2D eigenvalue weighted by molar-refractivity contribution is 0.482. The molecule has 0 aliphatic carbocycles. The Bertz CT molecular complexity index is 2710. The number of benzene rings is 6. The van der Waals surface area contributed by atoms with E-state index in [1.807, 2.05) is 60.4 Å². The lowest BCUT2D eigenvalue weighted by Gasteiger charge is -2.40. The molecule has 0 N–H and O–H groups in total. The van der Waals surface area contributed by atoms with E-state index in [4.69, 9.17) is 9.72 Å². The van der Waals surface area contributed by atoms with Crippen LogP contribution >= 0.6 is 11.8 Å². The molecule has 0 amide bonds. The molecule has 0 fully saturated rings. The van der Waals surface area contributed by atoms with E-state index in [9.17, 15) is 0 Å². The lowest BCUT2D eigenvalue weighted by Crippen LogP contribution is -2.76. The highest BCUT2D eigenvalue weighted by Gasteiger charge is 2.48. The van der Waals surface area contributed by atoms with Crippen LogP contribution in [0.25, 0.3) is 38.9 Å². The van der Waals surface area contributed by atoms with Crippen molar-refractivity contribution < 1.29 is 4.74 Å². The molecule has 10 rings (SSSR count). The molecule has 52 heavy (non-hydrogen) atoms. The molecule has 0 bridgehead atoms. The van der Waals surface area contributed by atoms with Gasteiger partial charge in [0.25, 0.3) is 0 Å². The van der Waals surface area contributed by atoms with E-state index in [0.717, 1.165) is 39.6 Å². The van der Waals surface area contributed by atoms with Crippen LogP contribution in [0, 0.1) is 0 Å². The first-order valence-corrected chi connectivity index (χ1v) is 20.2. The van der Waals surface area contributed by atoms with Gasteiger partial charge in [-0.2, -0.15) is 0 Å². The largest absolute Gasteiger partial charge is 0.457 e. The van der Waals surface area contributed by atoms with Crippen LogP contribution in [0.5, 0.6) is 11.5 Å². The maximum atomic E-state index is 6.52. The van der Waals surface area contributed by atoms with Crippen LogP contribution in [0.4, 0.5) is 0 Å². The minimum absolute atomic E-state index is 0.751. The molecule has 1 aliphatic heterocycles. The molecule has 0 atom stereocenters. The van der Waals surface area contributed by atoms with Gasteiger partial charge in [0.05, 0.1) is 16.9 Å². The molecule has 6 heteroatoms. The van der Waals surface area contributed by atoms with Crippen LogP contribution in [0.1, 0.15) is 0 Å². The number of hydrogen-bond donors (Lipinski definition) is 0. The summed E-state index contributed by atoms with van der Waals surface area (Å²) in [6.07, 6.45) is 3.93. The molecule has 0 unspecified atom stereocenters. The van der Waals surface area contributed by atoms with E-state index in [0.29, 0.717) is 0 Å². The van der Waals surface area contributed by atoms with E-state index in [1.54, 1.807) is 0 Å². The molecule has 3 aromatic heterocycles. The summed E-state index contributed by atoms with van der Waals surface area (Å²) in [5, 5.41) is 7.94. The molecule has 9 aromatic rings. The molecule has 4 heterocycles. The fourth-order valence-corrected chi connectivity index (χ4v) is 15.1.